The molecule has 0 unspecified atom stereocenters. The molecule has 4 atom stereocenters. The number of carbonyl (C=O) groups is 2. The highest BCUT2D eigenvalue weighted by Crippen LogP contribution is 2.49. The molecule has 0 spiro atoms. The number of carbonyl (C=O) groups excluding carboxylic acids is 2. The van der Waals surface area contributed by atoms with Crippen molar-refractivity contribution in [1.29, 1.82) is 0 Å². The number of allylic oxidation sites excluding steroid dienone is 1. The second-order valence-corrected chi connectivity index (χ2v) is 8.60. The number of H-pyrrole nitrogens is 1. The number of aromatic amines is 1. The number of para-hydroxylation sites is 2. The third kappa shape index (κ3) is 3.83. The standard InChI is InChI=1S/C23H25N3O5/c1-13-15-10-9-14(6-5-11-23(2)19(31-23)18(15)30-20(13)27)12-29-22(28)26-21-24-16-7-3-4-8-17(16)25-21/h3-4,6-8,15,18-19H,1,5,9-12H2,2H3,(H2,24,25,26,28)/b14-6+/t15-,18-,19-,23+/m0/s1. The third-order valence-electron chi connectivity index (χ3n) is 6.44. The Labute approximate surface area is 179 Å². The van der Waals surface area contributed by atoms with Crippen LogP contribution in [-0.4, -0.2) is 46.4 Å². The summed E-state index contributed by atoms with van der Waals surface area (Å²) in [5, 5.41) is 2.64. The number of nitrogens with one attached hydrogen (secondary N) is 2. The molecule has 0 saturated carbocycles. The number of nitrogens with zero attached hydrogens (tertiary/aromatic N) is 1. The number of hydrogen-bond acceptors (Lipinski definition) is 6. The molecule has 8 nitrogen and oxygen atoms in total. The van der Waals surface area contributed by atoms with E-state index in [4.69, 9.17) is 14.2 Å². The SMILES string of the molecule is C=C1C(=O)O[C@H]2[C@H]1CC/C(COC(=O)Nc1nc3ccccc3[nH]1)=C\CC[C@@]1(C)O[C@@H]21. The molecule has 3 aliphatic rings. The number of anilines is 1. The van der Waals surface area contributed by atoms with Crippen molar-refractivity contribution in [3.8, 4) is 0 Å². The fourth-order valence-corrected chi connectivity index (χ4v) is 4.55. The summed E-state index contributed by atoms with van der Waals surface area (Å²) in [6.45, 7) is 6.15. The summed E-state index contributed by atoms with van der Waals surface area (Å²) in [5.74, 6) is -0.0685. The molecule has 3 heterocycles. The lowest BCUT2D eigenvalue weighted by atomic mass is 9.84. The molecule has 2 aromatic rings. The molecule has 2 fully saturated rings. The monoisotopic (exact) mass is 423 g/mol. The number of imidazole rings is 1. The van der Waals surface area contributed by atoms with Gasteiger partial charge in [0.1, 0.15) is 18.8 Å². The van der Waals surface area contributed by atoms with Gasteiger partial charge in [-0.1, -0.05) is 24.8 Å². The highest BCUT2D eigenvalue weighted by atomic mass is 16.6. The number of hydrogen-bond donors (Lipinski definition) is 2. The van der Waals surface area contributed by atoms with Crippen molar-refractivity contribution in [2.45, 2.75) is 50.4 Å². The minimum Gasteiger partial charge on any atom is -0.455 e. The van der Waals surface area contributed by atoms with Crippen molar-refractivity contribution >= 4 is 29.0 Å². The Kier molecular flexibility index (Phi) is 4.81. The van der Waals surface area contributed by atoms with Crippen molar-refractivity contribution in [3.05, 3.63) is 48.1 Å². The van der Waals surface area contributed by atoms with Gasteiger partial charge in [0, 0.05) is 11.5 Å². The average Bonchev–Trinajstić information content (AvgIpc) is 3.09. The number of aromatic nitrogens is 2. The van der Waals surface area contributed by atoms with Crippen LogP contribution >= 0.6 is 0 Å². The maximum atomic E-state index is 12.3. The number of fused-ring (bicyclic) bond motifs is 4. The Hall–Kier alpha value is -3.13. The lowest BCUT2D eigenvalue weighted by molar-refractivity contribution is -0.140. The molecule has 2 N–H and O–H groups in total. The minimum absolute atomic E-state index is 0.0681. The van der Waals surface area contributed by atoms with Crippen LogP contribution in [0.4, 0.5) is 10.7 Å². The van der Waals surface area contributed by atoms with Crippen LogP contribution in [0.2, 0.25) is 0 Å². The van der Waals surface area contributed by atoms with Crippen molar-refractivity contribution in [2.24, 2.45) is 5.92 Å². The van der Waals surface area contributed by atoms with Crippen molar-refractivity contribution in [3.63, 3.8) is 0 Å². The Morgan fingerprint density at radius 3 is 3.10 bits per heavy atom. The maximum Gasteiger partial charge on any atom is 0.414 e. The zero-order valence-electron chi connectivity index (χ0n) is 17.3. The second-order valence-electron chi connectivity index (χ2n) is 8.60. The largest absolute Gasteiger partial charge is 0.455 e. The van der Waals surface area contributed by atoms with Gasteiger partial charge in [-0.2, -0.15) is 0 Å². The lowest BCUT2D eigenvalue weighted by Gasteiger charge is -2.20. The van der Waals surface area contributed by atoms with E-state index in [1.165, 1.54) is 0 Å². The van der Waals surface area contributed by atoms with Crippen LogP contribution in [0.15, 0.2) is 48.1 Å². The number of amides is 1. The molecule has 1 aliphatic carbocycles. The Bertz CT molecular complexity index is 1060. The van der Waals surface area contributed by atoms with Gasteiger partial charge >= 0.3 is 12.1 Å². The van der Waals surface area contributed by atoms with E-state index in [1.54, 1.807) is 0 Å². The third-order valence-corrected chi connectivity index (χ3v) is 6.44. The van der Waals surface area contributed by atoms with E-state index in [2.05, 4.69) is 34.9 Å². The van der Waals surface area contributed by atoms with Crippen LogP contribution in [0.5, 0.6) is 0 Å². The molecular weight excluding hydrogens is 398 g/mol. The molecule has 5 rings (SSSR count). The summed E-state index contributed by atoms with van der Waals surface area (Å²) in [5.41, 5.74) is 2.83. The summed E-state index contributed by atoms with van der Waals surface area (Å²) in [6.07, 6.45) is 4.21. The van der Waals surface area contributed by atoms with E-state index < -0.39 is 6.09 Å². The normalized spacial score (nSPS) is 31.8. The fourth-order valence-electron chi connectivity index (χ4n) is 4.55. The Morgan fingerprint density at radius 1 is 1.42 bits per heavy atom. The van der Waals surface area contributed by atoms with Gasteiger partial charge in [-0.25, -0.2) is 14.6 Å². The molecule has 8 heteroatoms. The van der Waals surface area contributed by atoms with Gasteiger partial charge < -0.3 is 19.2 Å². The van der Waals surface area contributed by atoms with Gasteiger partial charge in [-0.05, 0) is 50.3 Å². The highest BCUT2D eigenvalue weighted by molar-refractivity contribution is 5.91. The van der Waals surface area contributed by atoms with Crippen LogP contribution < -0.4 is 5.32 Å². The van der Waals surface area contributed by atoms with E-state index >= 15 is 0 Å². The van der Waals surface area contributed by atoms with Crippen molar-refractivity contribution < 1.29 is 23.8 Å². The van der Waals surface area contributed by atoms with Crippen LogP contribution in [0, 0.1) is 5.92 Å². The summed E-state index contributed by atoms with van der Waals surface area (Å²) in [7, 11) is 0. The van der Waals surface area contributed by atoms with Gasteiger partial charge in [-0.15, -0.1) is 0 Å². The van der Waals surface area contributed by atoms with E-state index in [0.29, 0.717) is 24.4 Å². The molecule has 31 heavy (non-hydrogen) atoms. The first-order chi connectivity index (χ1) is 14.9. The first-order valence-corrected chi connectivity index (χ1v) is 10.6. The topological polar surface area (TPSA) is 106 Å². The summed E-state index contributed by atoms with van der Waals surface area (Å²) < 4.78 is 16.9. The number of benzene rings is 1. The van der Waals surface area contributed by atoms with E-state index in [0.717, 1.165) is 29.4 Å². The van der Waals surface area contributed by atoms with E-state index in [1.807, 2.05) is 24.3 Å². The highest BCUT2D eigenvalue weighted by Gasteiger charge is 2.61. The first kappa shape index (κ1) is 19.8. The first-order valence-electron chi connectivity index (χ1n) is 10.6. The van der Waals surface area contributed by atoms with Crippen LogP contribution in [0.3, 0.4) is 0 Å². The quantitative estimate of drug-likeness (QED) is 0.336. The maximum absolute atomic E-state index is 12.3. The predicted molar refractivity (Wildman–Crippen MR) is 113 cm³/mol. The molecule has 1 aromatic heterocycles. The summed E-state index contributed by atoms with van der Waals surface area (Å²) in [6, 6.07) is 7.53. The molecule has 1 aromatic carbocycles. The van der Waals surface area contributed by atoms with Gasteiger partial charge in [0.25, 0.3) is 0 Å². The number of epoxide rings is 1. The Balaban J connectivity index is 1.22. The smallest absolute Gasteiger partial charge is 0.414 e. The van der Waals surface area contributed by atoms with E-state index in [9.17, 15) is 9.59 Å². The zero-order valence-corrected chi connectivity index (χ0v) is 17.3. The molecule has 1 amide bonds. The fraction of sp³-hybridized carbons (Fsp3) is 0.435. The molecular formula is C23H25N3O5. The van der Waals surface area contributed by atoms with Gasteiger partial charge in [-0.3, -0.25) is 5.32 Å². The molecule has 0 radical (unpaired) electrons. The molecule has 2 saturated heterocycles. The summed E-state index contributed by atoms with van der Waals surface area (Å²) in [4.78, 5) is 31.7. The van der Waals surface area contributed by atoms with Crippen LogP contribution in [0.25, 0.3) is 11.0 Å². The molecule has 0 bridgehead atoms. The zero-order chi connectivity index (χ0) is 21.6. The van der Waals surface area contributed by atoms with Crippen molar-refractivity contribution in [2.75, 3.05) is 11.9 Å². The number of ether oxygens (including phenoxy) is 3. The number of rotatable bonds is 3. The Morgan fingerprint density at radius 2 is 2.26 bits per heavy atom. The molecule has 162 valence electrons. The van der Waals surface area contributed by atoms with Crippen molar-refractivity contribution in [1.82, 2.24) is 9.97 Å². The summed E-state index contributed by atoms with van der Waals surface area (Å²) >= 11 is 0. The minimum atomic E-state index is -0.573. The molecule has 2 aliphatic heterocycles. The van der Waals surface area contributed by atoms with Gasteiger partial charge in [0.15, 0.2) is 0 Å². The van der Waals surface area contributed by atoms with Gasteiger partial charge in [0.05, 0.1) is 16.6 Å². The van der Waals surface area contributed by atoms with Crippen LogP contribution in [-0.2, 0) is 19.0 Å². The van der Waals surface area contributed by atoms with E-state index in [-0.39, 0.29) is 36.3 Å². The second kappa shape index (κ2) is 7.53. The number of esters is 1. The predicted octanol–water partition coefficient (Wildman–Crippen LogP) is 3.87. The van der Waals surface area contributed by atoms with Crippen LogP contribution in [0.1, 0.15) is 32.6 Å². The lowest BCUT2D eigenvalue weighted by Crippen LogP contribution is -2.29. The van der Waals surface area contributed by atoms with Gasteiger partial charge in [0.2, 0.25) is 5.95 Å². The average molecular weight is 423 g/mol.